The molecule has 6 rings (SSSR count). The van der Waals surface area contributed by atoms with Gasteiger partial charge in [-0.3, -0.25) is 9.59 Å². The van der Waals surface area contributed by atoms with Crippen LogP contribution in [-0.2, 0) is 10.2 Å². The minimum absolute atomic E-state index is 0.0325. The number of rotatable bonds is 3. The summed E-state index contributed by atoms with van der Waals surface area (Å²) in [5, 5.41) is 10.1. The molecule has 1 aliphatic heterocycles. The topological polar surface area (TPSA) is 88.4 Å². The predicted molar refractivity (Wildman–Crippen MR) is 132 cm³/mol. The smallest absolute Gasteiger partial charge is 0.255 e. The molecule has 1 fully saturated rings. The van der Waals surface area contributed by atoms with Crippen LogP contribution in [0.5, 0.6) is 0 Å². The number of halogens is 1. The van der Waals surface area contributed by atoms with E-state index >= 15 is 0 Å². The third-order valence-corrected chi connectivity index (χ3v) is 7.09. The predicted octanol–water partition coefficient (Wildman–Crippen LogP) is 4.13. The number of pyridine rings is 2. The van der Waals surface area contributed by atoms with Gasteiger partial charge in [0.2, 0.25) is 5.91 Å². The van der Waals surface area contributed by atoms with Gasteiger partial charge in [0.25, 0.3) is 5.91 Å². The average Bonchev–Trinajstić information content (AvgIpc) is 3.39. The Morgan fingerprint density at radius 3 is 2.78 bits per heavy atom. The van der Waals surface area contributed by atoms with Crippen LogP contribution in [0.25, 0.3) is 5.52 Å². The van der Waals surface area contributed by atoms with Gasteiger partial charge in [0.05, 0.1) is 28.7 Å². The van der Waals surface area contributed by atoms with E-state index < -0.39 is 5.41 Å². The van der Waals surface area contributed by atoms with Gasteiger partial charge >= 0.3 is 0 Å². The number of nitrogens with one attached hydrogen (secondary N) is 2. The lowest BCUT2D eigenvalue weighted by molar-refractivity contribution is -0.123. The summed E-state index contributed by atoms with van der Waals surface area (Å²) in [4.78, 5) is 29.8. The molecule has 0 bridgehead atoms. The molecular formula is C28H22FN5O2. The second-order valence-electron chi connectivity index (χ2n) is 9.31. The summed E-state index contributed by atoms with van der Waals surface area (Å²) in [6.45, 7) is 1.80. The zero-order valence-corrected chi connectivity index (χ0v) is 19.5. The van der Waals surface area contributed by atoms with Crippen molar-refractivity contribution in [2.24, 2.45) is 0 Å². The van der Waals surface area contributed by atoms with Crippen molar-refractivity contribution in [3.05, 3.63) is 94.7 Å². The van der Waals surface area contributed by atoms with E-state index in [-0.39, 0.29) is 23.7 Å². The second kappa shape index (κ2) is 8.31. The summed E-state index contributed by atoms with van der Waals surface area (Å²) in [5.74, 6) is 6.28. The Hall–Kier alpha value is -4.51. The SMILES string of the molecule is C[C@H](NC(=O)c1cnn2ccc(C#Cc3cnc4c(c3)C3(CCC3)C(=O)N4)cc12)c1cccc(F)c1. The van der Waals surface area contributed by atoms with E-state index in [1.165, 1.54) is 18.3 Å². The van der Waals surface area contributed by atoms with Crippen LogP contribution in [0.4, 0.5) is 10.2 Å². The highest BCUT2D eigenvalue weighted by Crippen LogP contribution is 2.50. The Morgan fingerprint density at radius 2 is 2.00 bits per heavy atom. The Bertz CT molecular complexity index is 1610. The average molecular weight is 480 g/mol. The lowest BCUT2D eigenvalue weighted by atomic mass is 9.65. The Labute approximate surface area is 206 Å². The third-order valence-electron chi connectivity index (χ3n) is 7.09. The number of benzene rings is 1. The maximum absolute atomic E-state index is 13.6. The van der Waals surface area contributed by atoms with Gasteiger partial charge in [-0.1, -0.05) is 30.4 Å². The van der Waals surface area contributed by atoms with Gasteiger partial charge in [-0.2, -0.15) is 5.10 Å². The van der Waals surface area contributed by atoms with Crippen LogP contribution in [0.3, 0.4) is 0 Å². The number of fused-ring (bicyclic) bond motifs is 3. The zero-order valence-electron chi connectivity index (χ0n) is 19.5. The first-order valence-corrected chi connectivity index (χ1v) is 11.8. The number of aromatic nitrogens is 3. The molecule has 1 saturated carbocycles. The number of hydrogen-bond acceptors (Lipinski definition) is 4. The first-order chi connectivity index (χ1) is 17.4. The normalized spacial score (nSPS) is 16.0. The largest absolute Gasteiger partial charge is 0.345 e. The molecule has 2 N–H and O–H groups in total. The van der Waals surface area contributed by atoms with Crippen LogP contribution >= 0.6 is 0 Å². The maximum atomic E-state index is 13.6. The molecule has 7 nitrogen and oxygen atoms in total. The van der Waals surface area contributed by atoms with Crippen molar-refractivity contribution in [3.8, 4) is 11.8 Å². The summed E-state index contributed by atoms with van der Waals surface area (Å²) < 4.78 is 15.2. The zero-order chi connectivity index (χ0) is 24.9. The molecule has 4 heterocycles. The van der Waals surface area contributed by atoms with Gasteiger partial charge < -0.3 is 10.6 Å². The molecule has 0 radical (unpaired) electrons. The molecule has 2 amide bonds. The molecule has 1 aliphatic carbocycles. The molecule has 8 heteroatoms. The van der Waals surface area contributed by atoms with Crippen LogP contribution in [0.15, 0.2) is 61.1 Å². The Morgan fingerprint density at radius 1 is 1.17 bits per heavy atom. The summed E-state index contributed by atoms with van der Waals surface area (Å²) in [5.41, 5.74) is 3.62. The van der Waals surface area contributed by atoms with Gasteiger partial charge in [0, 0.05) is 29.1 Å². The summed E-state index contributed by atoms with van der Waals surface area (Å²) in [7, 11) is 0. The third kappa shape index (κ3) is 3.60. The number of carbonyl (C=O) groups is 2. The highest BCUT2D eigenvalue weighted by molar-refractivity contribution is 6.06. The van der Waals surface area contributed by atoms with Crippen LogP contribution in [0, 0.1) is 17.7 Å². The van der Waals surface area contributed by atoms with E-state index in [9.17, 15) is 14.0 Å². The van der Waals surface area contributed by atoms with Crippen molar-refractivity contribution in [1.82, 2.24) is 19.9 Å². The monoisotopic (exact) mass is 479 g/mol. The van der Waals surface area contributed by atoms with Gasteiger partial charge in [0.15, 0.2) is 0 Å². The second-order valence-corrected chi connectivity index (χ2v) is 9.31. The summed E-state index contributed by atoms with van der Waals surface area (Å²) in [6, 6.07) is 11.4. The number of amides is 2. The van der Waals surface area contributed by atoms with E-state index in [1.807, 2.05) is 12.1 Å². The number of nitrogens with zero attached hydrogens (tertiary/aromatic N) is 3. The van der Waals surface area contributed by atoms with Crippen molar-refractivity contribution >= 4 is 23.1 Å². The lowest BCUT2D eigenvalue weighted by Gasteiger charge is -2.35. The van der Waals surface area contributed by atoms with Crippen molar-refractivity contribution in [2.75, 3.05) is 5.32 Å². The highest BCUT2D eigenvalue weighted by Gasteiger charge is 2.51. The van der Waals surface area contributed by atoms with Crippen LogP contribution in [0.1, 0.15) is 64.8 Å². The fraction of sp³-hybridized carbons (Fsp3) is 0.214. The Balaban J connectivity index is 1.26. The van der Waals surface area contributed by atoms with Crippen molar-refractivity contribution < 1.29 is 14.0 Å². The Kier molecular flexibility index (Phi) is 5.07. The highest BCUT2D eigenvalue weighted by atomic mass is 19.1. The standard InChI is InChI=1S/C28H22FN5O2/c1-17(20-4-2-5-21(29)14-20)32-26(35)22-16-31-34-11-8-18(13-24(22)34)6-7-19-12-23-25(30-15-19)33-27(36)28(23)9-3-10-28/h2,4-5,8,11-17H,3,9-10H2,1H3,(H,32,35)(H,30,33,36)/t17-/m0/s1. The van der Waals surface area contributed by atoms with Gasteiger partial charge in [-0.25, -0.2) is 13.9 Å². The molecule has 0 unspecified atom stereocenters. The van der Waals surface area contributed by atoms with Crippen LogP contribution < -0.4 is 10.6 Å². The van der Waals surface area contributed by atoms with Crippen LogP contribution in [0.2, 0.25) is 0 Å². The first-order valence-electron chi connectivity index (χ1n) is 11.8. The van der Waals surface area contributed by atoms with Gasteiger partial charge in [-0.15, -0.1) is 0 Å². The lowest BCUT2D eigenvalue weighted by Crippen LogP contribution is -2.40. The van der Waals surface area contributed by atoms with Crippen molar-refractivity contribution in [1.29, 1.82) is 0 Å². The van der Waals surface area contributed by atoms with Gasteiger partial charge in [0.1, 0.15) is 11.6 Å². The molecule has 36 heavy (non-hydrogen) atoms. The fourth-order valence-electron chi connectivity index (χ4n) is 4.89. The van der Waals surface area contributed by atoms with E-state index in [4.69, 9.17) is 0 Å². The van der Waals surface area contributed by atoms with E-state index in [1.54, 1.807) is 42.0 Å². The van der Waals surface area contributed by atoms with E-state index in [2.05, 4.69) is 32.6 Å². The van der Waals surface area contributed by atoms with E-state index in [0.717, 1.165) is 30.4 Å². The molecule has 3 aromatic heterocycles. The molecule has 178 valence electrons. The number of hydrogen-bond donors (Lipinski definition) is 2. The van der Waals surface area contributed by atoms with Crippen LogP contribution in [-0.4, -0.2) is 26.4 Å². The molecule has 4 aromatic rings. The molecule has 1 aromatic carbocycles. The summed E-state index contributed by atoms with van der Waals surface area (Å²) in [6.07, 6.45) is 7.63. The number of anilines is 1. The minimum Gasteiger partial charge on any atom is -0.345 e. The molecule has 2 aliphatic rings. The molecule has 1 spiro atoms. The van der Waals surface area contributed by atoms with Gasteiger partial charge in [-0.05, 0) is 55.7 Å². The molecular weight excluding hydrogens is 457 g/mol. The number of carbonyl (C=O) groups excluding carboxylic acids is 2. The fourth-order valence-corrected chi connectivity index (χ4v) is 4.89. The maximum Gasteiger partial charge on any atom is 0.255 e. The van der Waals surface area contributed by atoms with E-state index in [0.29, 0.717) is 28.0 Å². The first kappa shape index (κ1) is 22.0. The molecule has 1 atom stereocenters. The minimum atomic E-state index is -0.443. The quantitative estimate of drug-likeness (QED) is 0.433. The van der Waals surface area contributed by atoms with Crippen molar-refractivity contribution in [2.45, 2.75) is 37.6 Å². The summed E-state index contributed by atoms with van der Waals surface area (Å²) >= 11 is 0. The molecule has 0 saturated heterocycles. The van der Waals surface area contributed by atoms with Crippen molar-refractivity contribution in [3.63, 3.8) is 0 Å².